The second-order valence-electron chi connectivity index (χ2n) is 3.19. The van der Waals surface area contributed by atoms with Gasteiger partial charge in [-0.05, 0) is 25.5 Å². The average molecular weight is 193 g/mol. The Kier molecular flexibility index (Phi) is 3.59. The number of carbonyl (C=O) groups is 1. The lowest BCUT2D eigenvalue weighted by Crippen LogP contribution is -2.34. The van der Waals surface area contributed by atoms with Crippen molar-refractivity contribution in [2.45, 2.75) is 26.3 Å². The smallest absolute Gasteiger partial charge is 0.241 e. The highest BCUT2D eigenvalue weighted by molar-refractivity contribution is 5.94. The first-order chi connectivity index (χ1) is 6.63. The first-order valence-electron chi connectivity index (χ1n) is 4.62. The number of hydrogen-bond donors (Lipinski definition) is 2. The van der Waals surface area contributed by atoms with Crippen molar-refractivity contribution in [1.82, 2.24) is 4.98 Å². The molecule has 0 bridgehead atoms. The van der Waals surface area contributed by atoms with Crippen LogP contribution in [0.25, 0.3) is 0 Å². The highest BCUT2D eigenvalue weighted by Crippen LogP contribution is 2.05. The van der Waals surface area contributed by atoms with Gasteiger partial charge in [-0.15, -0.1) is 0 Å². The minimum absolute atomic E-state index is 0.168. The first-order valence-corrected chi connectivity index (χ1v) is 4.62. The fourth-order valence-electron chi connectivity index (χ4n) is 0.962. The van der Waals surface area contributed by atoms with Crippen molar-refractivity contribution in [3.8, 4) is 0 Å². The topological polar surface area (TPSA) is 68.0 Å². The number of aryl methyl sites for hydroxylation is 1. The summed E-state index contributed by atoms with van der Waals surface area (Å²) in [7, 11) is 0. The number of amides is 1. The van der Waals surface area contributed by atoms with Crippen LogP contribution in [0, 0.1) is 6.92 Å². The van der Waals surface area contributed by atoms with E-state index in [0.29, 0.717) is 12.1 Å². The molecule has 4 nitrogen and oxygen atoms in total. The number of anilines is 1. The van der Waals surface area contributed by atoms with E-state index in [4.69, 9.17) is 5.73 Å². The third kappa shape index (κ3) is 2.81. The molecule has 3 N–H and O–H groups in total. The lowest BCUT2D eigenvalue weighted by molar-refractivity contribution is -0.117. The maximum Gasteiger partial charge on any atom is 0.241 e. The van der Waals surface area contributed by atoms with E-state index in [0.717, 1.165) is 5.69 Å². The van der Waals surface area contributed by atoms with Crippen LogP contribution in [0.4, 0.5) is 5.69 Å². The van der Waals surface area contributed by atoms with E-state index in [1.54, 1.807) is 6.20 Å². The van der Waals surface area contributed by atoms with Crippen molar-refractivity contribution in [3.63, 3.8) is 0 Å². The Labute approximate surface area is 83.5 Å². The minimum atomic E-state index is -0.448. The summed E-state index contributed by atoms with van der Waals surface area (Å²) in [5.41, 5.74) is 7.17. The zero-order chi connectivity index (χ0) is 10.6. The van der Waals surface area contributed by atoms with Gasteiger partial charge in [-0.3, -0.25) is 9.78 Å². The molecule has 1 aromatic rings. The molecule has 1 aromatic heterocycles. The standard InChI is InChI=1S/C10H15N3O/c1-3-9(11)10(14)13-8-5-4-7(2)12-6-8/h4-6,9H,3,11H2,1-2H3,(H,13,14). The van der Waals surface area contributed by atoms with Gasteiger partial charge < -0.3 is 11.1 Å². The highest BCUT2D eigenvalue weighted by atomic mass is 16.2. The molecule has 0 spiro atoms. The third-order valence-electron chi connectivity index (χ3n) is 1.96. The van der Waals surface area contributed by atoms with Crippen LogP contribution in [-0.2, 0) is 4.79 Å². The summed E-state index contributed by atoms with van der Waals surface area (Å²) < 4.78 is 0. The molecule has 0 aliphatic rings. The van der Waals surface area contributed by atoms with Crippen molar-refractivity contribution in [1.29, 1.82) is 0 Å². The number of aromatic nitrogens is 1. The van der Waals surface area contributed by atoms with Gasteiger partial charge in [-0.25, -0.2) is 0 Å². The summed E-state index contributed by atoms with van der Waals surface area (Å²) in [5.74, 6) is -0.168. The Hall–Kier alpha value is -1.42. The molecule has 1 atom stereocenters. The van der Waals surface area contributed by atoms with Crippen LogP contribution >= 0.6 is 0 Å². The van der Waals surface area contributed by atoms with Gasteiger partial charge in [0.2, 0.25) is 5.91 Å². The molecule has 0 aliphatic heterocycles. The van der Waals surface area contributed by atoms with Crippen molar-refractivity contribution >= 4 is 11.6 Å². The maximum absolute atomic E-state index is 11.4. The number of carbonyl (C=O) groups excluding carboxylic acids is 1. The molecule has 1 heterocycles. The quantitative estimate of drug-likeness (QED) is 0.754. The largest absolute Gasteiger partial charge is 0.323 e. The average Bonchev–Trinajstić information content (AvgIpc) is 2.20. The molecule has 1 rings (SSSR count). The van der Waals surface area contributed by atoms with Gasteiger partial charge in [0.1, 0.15) is 0 Å². The van der Waals surface area contributed by atoms with Crippen LogP contribution in [0.15, 0.2) is 18.3 Å². The van der Waals surface area contributed by atoms with Crippen LogP contribution in [0.5, 0.6) is 0 Å². The van der Waals surface area contributed by atoms with Gasteiger partial charge in [-0.2, -0.15) is 0 Å². The fraction of sp³-hybridized carbons (Fsp3) is 0.400. The van der Waals surface area contributed by atoms with E-state index in [2.05, 4.69) is 10.3 Å². The maximum atomic E-state index is 11.4. The summed E-state index contributed by atoms with van der Waals surface area (Å²) in [5, 5.41) is 2.69. The van der Waals surface area contributed by atoms with E-state index in [1.807, 2.05) is 26.0 Å². The van der Waals surface area contributed by atoms with Gasteiger partial charge in [0.25, 0.3) is 0 Å². The predicted molar refractivity (Wildman–Crippen MR) is 55.9 cm³/mol. The van der Waals surface area contributed by atoms with Gasteiger partial charge in [0, 0.05) is 5.69 Å². The molecular formula is C10H15N3O. The van der Waals surface area contributed by atoms with E-state index < -0.39 is 6.04 Å². The Morgan fingerprint density at radius 2 is 2.36 bits per heavy atom. The highest BCUT2D eigenvalue weighted by Gasteiger charge is 2.10. The van der Waals surface area contributed by atoms with Crippen molar-refractivity contribution in [2.75, 3.05) is 5.32 Å². The lowest BCUT2D eigenvalue weighted by atomic mass is 10.2. The molecule has 0 radical (unpaired) electrons. The van der Waals surface area contributed by atoms with Crippen LogP contribution in [-0.4, -0.2) is 16.9 Å². The molecule has 0 fully saturated rings. The van der Waals surface area contributed by atoms with E-state index in [9.17, 15) is 4.79 Å². The Bertz CT molecular complexity index is 308. The molecule has 1 unspecified atom stereocenters. The van der Waals surface area contributed by atoms with E-state index in [-0.39, 0.29) is 5.91 Å². The fourth-order valence-corrected chi connectivity index (χ4v) is 0.962. The van der Waals surface area contributed by atoms with Crippen LogP contribution in [0.1, 0.15) is 19.0 Å². The van der Waals surface area contributed by atoms with Gasteiger partial charge in [0.05, 0.1) is 17.9 Å². The van der Waals surface area contributed by atoms with E-state index >= 15 is 0 Å². The van der Waals surface area contributed by atoms with Crippen molar-refractivity contribution in [2.24, 2.45) is 5.73 Å². The van der Waals surface area contributed by atoms with Crippen LogP contribution in [0.2, 0.25) is 0 Å². The molecular weight excluding hydrogens is 178 g/mol. The summed E-state index contributed by atoms with van der Waals surface area (Å²) >= 11 is 0. The Morgan fingerprint density at radius 3 is 2.86 bits per heavy atom. The number of hydrogen-bond acceptors (Lipinski definition) is 3. The van der Waals surface area contributed by atoms with Gasteiger partial charge in [-0.1, -0.05) is 6.92 Å². The molecule has 0 aliphatic carbocycles. The lowest BCUT2D eigenvalue weighted by Gasteiger charge is -2.09. The number of nitrogens with two attached hydrogens (primary N) is 1. The van der Waals surface area contributed by atoms with Crippen LogP contribution in [0.3, 0.4) is 0 Å². The molecule has 14 heavy (non-hydrogen) atoms. The van der Waals surface area contributed by atoms with Crippen LogP contribution < -0.4 is 11.1 Å². The zero-order valence-corrected chi connectivity index (χ0v) is 8.45. The Balaban J connectivity index is 2.60. The summed E-state index contributed by atoms with van der Waals surface area (Å²) in [6, 6.07) is 3.20. The molecule has 1 amide bonds. The van der Waals surface area contributed by atoms with Gasteiger partial charge in [0.15, 0.2) is 0 Å². The normalized spacial score (nSPS) is 12.2. The predicted octanol–water partition coefficient (Wildman–Crippen LogP) is 1.07. The molecule has 0 saturated heterocycles. The first kappa shape index (κ1) is 10.7. The summed E-state index contributed by atoms with van der Waals surface area (Å²) in [6.07, 6.45) is 2.25. The Morgan fingerprint density at radius 1 is 1.64 bits per heavy atom. The molecule has 76 valence electrons. The summed E-state index contributed by atoms with van der Waals surface area (Å²) in [6.45, 7) is 3.76. The number of nitrogens with one attached hydrogen (secondary N) is 1. The minimum Gasteiger partial charge on any atom is -0.323 e. The number of nitrogens with zero attached hydrogens (tertiary/aromatic N) is 1. The molecule has 4 heteroatoms. The SMILES string of the molecule is CCC(N)C(=O)Nc1ccc(C)nc1. The number of pyridine rings is 1. The zero-order valence-electron chi connectivity index (χ0n) is 8.45. The van der Waals surface area contributed by atoms with Crippen molar-refractivity contribution in [3.05, 3.63) is 24.0 Å². The second kappa shape index (κ2) is 4.72. The second-order valence-corrected chi connectivity index (χ2v) is 3.19. The monoisotopic (exact) mass is 193 g/mol. The van der Waals surface area contributed by atoms with E-state index in [1.165, 1.54) is 0 Å². The van der Waals surface area contributed by atoms with Gasteiger partial charge >= 0.3 is 0 Å². The molecule has 0 aromatic carbocycles. The molecule has 0 saturated carbocycles. The third-order valence-corrected chi connectivity index (χ3v) is 1.96. The number of rotatable bonds is 3. The van der Waals surface area contributed by atoms with Crippen molar-refractivity contribution < 1.29 is 4.79 Å². The summed E-state index contributed by atoms with van der Waals surface area (Å²) in [4.78, 5) is 15.4.